The van der Waals surface area contributed by atoms with E-state index in [1.54, 1.807) is 102 Å². The third kappa shape index (κ3) is 9.28. The van der Waals surface area contributed by atoms with Crippen LogP contribution in [0.5, 0.6) is 5.75 Å². The number of esters is 2. The highest BCUT2D eigenvalue weighted by Gasteiger charge is 2.42. The molecule has 286 valence electrons. The summed E-state index contributed by atoms with van der Waals surface area (Å²) in [5, 5.41) is 6.67. The number of anilines is 2. The maximum Gasteiger partial charge on any atom is 0.326 e. The third-order valence-corrected chi connectivity index (χ3v) is 8.76. The number of para-hydroxylation sites is 1. The normalized spacial score (nSPS) is 15.3. The zero-order valence-corrected chi connectivity index (χ0v) is 32.4. The first kappa shape index (κ1) is 39.6. The van der Waals surface area contributed by atoms with Crippen molar-refractivity contribution in [2.75, 3.05) is 17.3 Å². The monoisotopic (exact) mass is 738 g/mol. The lowest BCUT2D eigenvalue weighted by Crippen LogP contribution is -2.55. The Morgan fingerprint density at radius 1 is 0.833 bits per heavy atom. The maximum atomic E-state index is 15.0. The van der Waals surface area contributed by atoms with Crippen LogP contribution in [-0.2, 0) is 48.0 Å². The van der Waals surface area contributed by atoms with Gasteiger partial charge in [0.1, 0.15) is 35.6 Å². The van der Waals surface area contributed by atoms with Gasteiger partial charge in [-0.1, -0.05) is 44.2 Å². The lowest BCUT2D eigenvalue weighted by Gasteiger charge is -2.35. The minimum absolute atomic E-state index is 0.0448. The van der Waals surface area contributed by atoms with E-state index in [1.807, 2.05) is 38.1 Å². The number of hydrogen-bond donors (Lipinski definition) is 2. The van der Waals surface area contributed by atoms with Gasteiger partial charge in [0, 0.05) is 29.2 Å². The Morgan fingerprint density at radius 3 is 2.11 bits per heavy atom. The fourth-order valence-corrected chi connectivity index (χ4v) is 6.69. The number of nitrogens with one attached hydrogen (secondary N) is 2. The van der Waals surface area contributed by atoms with Crippen molar-refractivity contribution in [3.63, 3.8) is 0 Å². The summed E-state index contributed by atoms with van der Waals surface area (Å²) >= 11 is 0. The van der Waals surface area contributed by atoms with Crippen molar-refractivity contribution in [3.05, 3.63) is 89.6 Å². The van der Waals surface area contributed by atoms with Gasteiger partial charge >= 0.3 is 11.9 Å². The fraction of sp³-hybridized carbons (Fsp3) is 0.405. The van der Waals surface area contributed by atoms with E-state index in [0.717, 1.165) is 10.9 Å². The van der Waals surface area contributed by atoms with E-state index in [0.29, 0.717) is 22.6 Å². The Morgan fingerprint density at radius 2 is 1.48 bits per heavy atom. The smallest absolute Gasteiger partial charge is 0.326 e. The SMILES string of the molecule is COc1ccc(NC(=O)C(C(C)C)N2C(=O)[C@@H](Cc3cn(CC(=O)OC(C)(C)C)c4ccccc34)NC(=O)c3c(CC(=O)OC(C)(C)C)cccc32)cc1. The van der Waals surface area contributed by atoms with Crippen LogP contribution in [0.4, 0.5) is 11.4 Å². The second kappa shape index (κ2) is 15.8. The summed E-state index contributed by atoms with van der Waals surface area (Å²) in [5.74, 6) is -2.31. The molecule has 0 radical (unpaired) electrons. The van der Waals surface area contributed by atoms with Crippen molar-refractivity contribution >= 4 is 51.9 Å². The Bertz CT molecular complexity index is 2050. The molecule has 0 saturated carbocycles. The van der Waals surface area contributed by atoms with E-state index < -0.39 is 58.9 Å². The van der Waals surface area contributed by atoms with Gasteiger partial charge in [-0.05, 0) is 95.0 Å². The number of hydrogen-bond acceptors (Lipinski definition) is 8. The predicted octanol–water partition coefficient (Wildman–Crippen LogP) is 6.23. The number of rotatable bonds is 11. The molecule has 0 bridgehead atoms. The lowest BCUT2D eigenvalue weighted by atomic mass is 9.96. The zero-order valence-electron chi connectivity index (χ0n) is 32.4. The number of ether oxygens (including phenoxy) is 3. The minimum Gasteiger partial charge on any atom is -0.497 e. The molecular formula is C42H50N4O8. The van der Waals surface area contributed by atoms with Crippen LogP contribution >= 0.6 is 0 Å². The van der Waals surface area contributed by atoms with Crippen LogP contribution in [0.2, 0.25) is 0 Å². The molecule has 5 rings (SSSR count). The van der Waals surface area contributed by atoms with Crippen LogP contribution in [-0.4, -0.2) is 64.6 Å². The molecule has 1 aliphatic heterocycles. The van der Waals surface area contributed by atoms with Crippen LogP contribution in [0.3, 0.4) is 0 Å². The molecule has 3 aromatic carbocycles. The molecule has 0 aliphatic carbocycles. The van der Waals surface area contributed by atoms with Crippen molar-refractivity contribution in [3.8, 4) is 5.75 Å². The number of aromatic nitrogens is 1. The predicted molar refractivity (Wildman–Crippen MR) is 206 cm³/mol. The van der Waals surface area contributed by atoms with Gasteiger partial charge in [-0.3, -0.25) is 28.9 Å². The number of nitrogens with zero attached hydrogens (tertiary/aromatic N) is 2. The first-order valence-corrected chi connectivity index (χ1v) is 18.1. The van der Waals surface area contributed by atoms with Crippen molar-refractivity contribution in [1.82, 2.24) is 9.88 Å². The molecule has 4 aromatic rings. The van der Waals surface area contributed by atoms with Gasteiger partial charge in [-0.25, -0.2) is 0 Å². The number of carbonyl (C=O) groups excluding carboxylic acids is 5. The molecular weight excluding hydrogens is 688 g/mol. The molecule has 1 unspecified atom stereocenters. The quantitative estimate of drug-likeness (QED) is 0.173. The van der Waals surface area contributed by atoms with E-state index in [4.69, 9.17) is 14.2 Å². The molecule has 12 heteroatoms. The standard InChI is InChI=1S/C42H50N4O8/c1-25(2)37(39(50)43-28-17-19-29(52-9)20-18-28)46-33-16-12-13-26(22-34(47)53-41(3,4)5)36(33)38(49)44-31(40(46)51)21-27-23-45(24-35(48)54-42(6,7)8)32-15-11-10-14-30(27)32/h10-20,23,25,31,37H,21-22,24H2,1-9H3,(H,43,50)(H,44,49)/t31-,37?/m1/s1. The highest BCUT2D eigenvalue weighted by Crippen LogP contribution is 2.34. The average molecular weight is 739 g/mol. The molecule has 1 aromatic heterocycles. The highest BCUT2D eigenvalue weighted by atomic mass is 16.6. The summed E-state index contributed by atoms with van der Waals surface area (Å²) in [4.78, 5) is 70.9. The number of carbonyl (C=O) groups is 5. The summed E-state index contributed by atoms with van der Waals surface area (Å²) in [6.45, 7) is 14.3. The highest BCUT2D eigenvalue weighted by molar-refractivity contribution is 6.15. The molecule has 2 atom stereocenters. The van der Waals surface area contributed by atoms with Gasteiger partial charge < -0.3 is 29.4 Å². The van der Waals surface area contributed by atoms with E-state index in [2.05, 4.69) is 10.6 Å². The Kier molecular flexibility index (Phi) is 11.5. The molecule has 0 spiro atoms. The summed E-state index contributed by atoms with van der Waals surface area (Å²) < 4.78 is 18.2. The molecule has 2 N–H and O–H groups in total. The minimum atomic E-state index is -1.13. The summed E-state index contributed by atoms with van der Waals surface area (Å²) in [5.41, 5.74) is 1.18. The van der Waals surface area contributed by atoms with Crippen molar-refractivity contribution in [2.24, 2.45) is 5.92 Å². The van der Waals surface area contributed by atoms with Gasteiger partial charge in [0.2, 0.25) is 5.91 Å². The van der Waals surface area contributed by atoms with Crippen molar-refractivity contribution in [2.45, 2.75) is 98.1 Å². The number of benzene rings is 3. The molecule has 0 fully saturated rings. The average Bonchev–Trinajstić information content (AvgIpc) is 3.36. The Hall–Kier alpha value is -5.65. The second-order valence-electron chi connectivity index (χ2n) is 15.8. The third-order valence-electron chi connectivity index (χ3n) is 8.76. The largest absolute Gasteiger partial charge is 0.497 e. The van der Waals surface area contributed by atoms with E-state index in [-0.39, 0.29) is 30.6 Å². The van der Waals surface area contributed by atoms with Gasteiger partial charge in [0.25, 0.3) is 11.8 Å². The number of fused-ring (bicyclic) bond motifs is 2. The zero-order chi connectivity index (χ0) is 39.5. The number of methoxy groups -OCH3 is 1. The van der Waals surface area contributed by atoms with Crippen LogP contribution in [0, 0.1) is 5.92 Å². The summed E-state index contributed by atoms with van der Waals surface area (Å²) in [6.07, 6.45) is 1.60. The Labute approximate surface area is 316 Å². The first-order chi connectivity index (χ1) is 25.3. The van der Waals surface area contributed by atoms with E-state index in [1.165, 1.54) is 4.90 Å². The van der Waals surface area contributed by atoms with Gasteiger partial charge in [-0.15, -0.1) is 0 Å². The fourth-order valence-electron chi connectivity index (χ4n) is 6.69. The molecule has 2 heterocycles. The summed E-state index contributed by atoms with van der Waals surface area (Å²) in [7, 11) is 1.55. The first-order valence-electron chi connectivity index (χ1n) is 18.1. The van der Waals surface area contributed by atoms with Crippen LogP contribution in [0.15, 0.2) is 72.9 Å². The topological polar surface area (TPSA) is 145 Å². The molecule has 3 amide bonds. The van der Waals surface area contributed by atoms with E-state index >= 15 is 0 Å². The van der Waals surface area contributed by atoms with Crippen molar-refractivity contribution in [1.29, 1.82) is 0 Å². The number of amides is 3. The van der Waals surface area contributed by atoms with Crippen LogP contribution in [0.1, 0.15) is 76.9 Å². The lowest BCUT2D eigenvalue weighted by molar-refractivity contribution is -0.156. The van der Waals surface area contributed by atoms with E-state index in [9.17, 15) is 24.0 Å². The van der Waals surface area contributed by atoms with Gasteiger partial charge in [0.05, 0.1) is 24.8 Å². The second-order valence-corrected chi connectivity index (χ2v) is 15.8. The van der Waals surface area contributed by atoms with Gasteiger partial charge in [0.15, 0.2) is 0 Å². The Balaban J connectivity index is 1.59. The van der Waals surface area contributed by atoms with Crippen molar-refractivity contribution < 1.29 is 38.2 Å². The molecule has 1 aliphatic rings. The maximum absolute atomic E-state index is 15.0. The van der Waals surface area contributed by atoms with Crippen LogP contribution < -0.4 is 20.3 Å². The summed E-state index contributed by atoms with van der Waals surface area (Å²) in [6, 6.07) is 17.1. The van der Waals surface area contributed by atoms with Gasteiger partial charge in [-0.2, -0.15) is 0 Å². The molecule has 54 heavy (non-hydrogen) atoms. The molecule has 0 saturated heterocycles. The molecule has 12 nitrogen and oxygen atoms in total. The van der Waals surface area contributed by atoms with Crippen LogP contribution in [0.25, 0.3) is 10.9 Å².